The first-order valence-electron chi connectivity index (χ1n) is 3.98. The molecule has 66 valence electrons. The molecular formula is C9H15N3. The third kappa shape index (κ3) is 1.51. The van der Waals surface area contributed by atoms with Crippen molar-refractivity contribution in [3.05, 3.63) is 23.8 Å². The molecule has 1 aromatic rings. The van der Waals surface area contributed by atoms with Crippen LogP contribution in [-0.4, -0.2) is 7.05 Å². The zero-order valence-corrected chi connectivity index (χ0v) is 7.46. The monoisotopic (exact) mass is 165 g/mol. The molecule has 0 aliphatic rings. The lowest BCUT2D eigenvalue weighted by Crippen LogP contribution is -2.14. The predicted octanol–water partition coefficient (Wildman–Crippen LogP) is 1.13. The zero-order valence-electron chi connectivity index (χ0n) is 7.46. The number of nitrogens with one attached hydrogen (secondary N) is 1. The average molecular weight is 165 g/mol. The molecule has 0 radical (unpaired) electrons. The molecule has 3 nitrogen and oxygen atoms in total. The Kier molecular flexibility index (Phi) is 2.55. The molecule has 12 heavy (non-hydrogen) atoms. The Morgan fingerprint density at radius 2 is 2.00 bits per heavy atom. The fraction of sp³-hybridized carbons (Fsp3) is 0.333. The summed E-state index contributed by atoms with van der Waals surface area (Å²) in [6, 6.07) is 5.94. The Balaban J connectivity index is 3.07. The van der Waals surface area contributed by atoms with Crippen molar-refractivity contribution in [1.29, 1.82) is 0 Å². The van der Waals surface area contributed by atoms with Gasteiger partial charge in [-0.25, -0.2) is 0 Å². The minimum atomic E-state index is 0.244. The van der Waals surface area contributed by atoms with Crippen molar-refractivity contribution in [3.63, 3.8) is 0 Å². The van der Waals surface area contributed by atoms with Gasteiger partial charge in [-0.05, 0) is 25.6 Å². The van der Waals surface area contributed by atoms with Gasteiger partial charge in [-0.3, -0.25) is 0 Å². The van der Waals surface area contributed by atoms with Crippen LogP contribution in [0, 0.1) is 0 Å². The van der Waals surface area contributed by atoms with Crippen molar-refractivity contribution in [2.45, 2.75) is 13.0 Å². The van der Waals surface area contributed by atoms with Gasteiger partial charge in [-0.15, -0.1) is 0 Å². The molecule has 5 N–H and O–H groups in total. The van der Waals surface area contributed by atoms with E-state index in [1.165, 1.54) is 0 Å². The topological polar surface area (TPSA) is 64.1 Å². The van der Waals surface area contributed by atoms with Gasteiger partial charge in [0.15, 0.2) is 0 Å². The summed E-state index contributed by atoms with van der Waals surface area (Å²) >= 11 is 0. The average Bonchev–Trinajstić information content (AvgIpc) is 2.08. The quantitative estimate of drug-likeness (QED) is 0.576. The maximum Gasteiger partial charge on any atom is 0.0596 e. The largest absolute Gasteiger partial charge is 0.397 e. The van der Waals surface area contributed by atoms with E-state index in [1.54, 1.807) is 6.07 Å². The fourth-order valence-corrected chi connectivity index (χ4v) is 1.13. The molecule has 1 rings (SSSR count). The van der Waals surface area contributed by atoms with E-state index in [1.807, 2.05) is 26.1 Å². The van der Waals surface area contributed by atoms with Gasteiger partial charge in [0, 0.05) is 6.04 Å². The first-order valence-corrected chi connectivity index (χ1v) is 3.98. The molecule has 0 aromatic heterocycles. The van der Waals surface area contributed by atoms with Gasteiger partial charge in [0.2, 0.25) is 0 Å². The van der Waals surface area contributed by atoms with Crippen molar-refractivity contribution in [3.8, 4) is 0 Å². The normalized spacial score (nSPS) is 12.8. The molecule has 0 saturated heterocycles. The van der Waals surface area contributed by atoms with E-state index < -0.39 is 0 Å². The van der Waals surface area contributed by atoms with Crippen LogP contribution in [0.25, 0.3) is 0 Å². The summed E-state index contributed by atoms with van der Waals surface area (Å²) in [6.07, 6.45) is 0. The summed E-state index contributed by atoms with van der Waals surface area (Å²) in [6.45, 7) is 2.05. The fourth-order valence-electron chi connectivity index (χ4n) is 1.13. The molecule has 0 unspecified atom stereocenters. The van der Waals surface area contributed by atoms with Crippen molar-refractivity contribution >= 4 is 11.4 Å². The Morgan fingerprint density at radius 1 is 1.33 bits per heavy atom. The van der Waals surface area contributed by atoms with E-state index in [4.69, 9.17) is 11.5 Å². The number of nitrogen functional groups attached to an aromatic ring is 2. The molecule has 1 atom stereocenters. The lowest BCUT2D eigenvalue weighted by Gasteiger charge is -2.14. The third-order valence-corrected chi connectivity index (χ3v) is 2.07. The van der Waals surface area contributed by atoms with Crippen LogP contribution < -0.4 is 16.8 Å². The van der Waals surface area contributed by atoms with Crippen molar-refractivity contribution in [2.75, 3.05) is 18.5 Å². The lowest BCUT2D eigenvalue weighted by molar-refractivity contribution is 0.654. The smallest absolute Gasteiger partial charge is 0.0596 e. The van der Waals surface area contributed by atoms with E-state index in [0.29, 0.717) is 11.4 Å². The zero-order chi connectivity index (χ0) is 9.14. The van der Waals surface area contributed by atoms with Crippen LogP contribution in [0.3, 0.4) is 0 Å². The van der Waals surface area contributed by atoms with Crippen LogP contribution in [-0.2, 0) is 0 Å². The summed E-state index contributed by atoms with van der Waals surface area (Å²) in [4.78, 5) is 0. The summed E-state index contributed by atoms with van der Waals surface area (Å²) in [5.41, 5.74) is 13.8. The van der Waals surface area contributed by atoms with Gasteiger partial charge in [0.1, 0.15) is 0 Å². The minimum absolute atomic E-state index is 0.244. The number of para-hydroxylation sites is 1. The highest BCUT2D eigenvalue weighted by Gasteiger charge is 2.07. The van der Waals surface area contributed by atoms with Gasteiger partial charge < -0.3 is 16.8 Å². The molecule has 0 aliphatic heterocycles. The third-order valence-electron chi connectivity index (χ3n) is 2.07. The van der Waals surface area contributed by atoms with Gasteiger partial charge in [-0.2, -0.15) is 0 Å². The number of hydrogen-bond donors (Lipinski definition) is 3. The van der Waals surface area contributed by atoms with Crippen molar-refractivity contribution in [2.24, 2.45) is 0 Å². The van der Waals surface area contributed by atoms with Gasteiger partial charge in [0.25, 0.3) is 0 Å². The van der Waals surface area contributed by atoms with Crippen molar-refractivity contribution in [1.82, 2.24) is 5.32 Å². The van der Waals surface area contributed by atoms with Crippen LogP contribution >= 0.6 is 0 Å². The molecule has 0 amide bonds. The second-order valence-corrected chi connectivity index (χ2v) is 2.86. The van der Waals surface area contributed by atoms with Crippen LogP contribution in [0.1, 0.15) is 18.5 Å². The Hall–Kier alpha value is -1.22. The maximum atomic E-state index is 5.79. The van der Waals surface area contributed by atoms with Crippen molar-refractivity contribution < 1.29 is 0 Å². The number of anilines is 2. The molecule has 3 heteroatoms. The lowest BCUT2D eigenvalue weighted by atomic mass is 10.1. The van der Waals surface area contributed by atoms with E-state index >= 15 is 0 Å². The number of benzene rings is 1. The number of hydrogen-bond acceptors (Lipinski definition) is 3. The SMILES string of the molecule is CN[C@@H](C)c1cccc(N)c1N. The highest BCUT2D eigenvalue weighted by Crippen LogP contribution is 2.24. The summed E-state index contributed by atoms with van der Waals surface area (Å²) in [5, 5.41) is 3.11. The highest BCUT2D eigenvalue weighted by molar-refractivity contribution is 5.67. The van der Waals surface area contributed by atoms with Gasteiger partial charge in [-0.1, -0.05) is 12.1 Å². The first-order chi connectivity index (χ1) is 5.66. The Labute approximate surface area is 72.8 Å². The summed E-state index contributed by atoms with van der Waals surface area (Å²) in [5.74, 6) is 0. The standard InChI is InChI=1S/C9H15N3/c1-6(12-2)7-4-3-5-8(10)9(7)11/h3-6,12H,10-11H2,1-2H3/t6-/m0/s1. The first kappa shape index (κ1) is 8.87. The highest BCUT2D eigenvalue weighted by atomic mass is 14.9. The van der Waals surface area contributed by atoms with E-state index in [2.05, 4.69) is 5.32 Å². The molecule has 0 spiro atoms. The van der Waals surface area contributed by atoms with Crippen LogP contribution in [0.5, 0.6) is 0 Å². The second kappa shape index (κ2) is 3.45. The van der Waals surface area contributed by atoms with Gasteiger partial charge >= 0.3 is 0 Å². The Morgan fingerprint density at radius 3 is 2.58 bits per heavy atom. The number of nitrogens with two attached hydrogens (primary N) is 2. The molecular weight excluding hydrogens is 150 g/mol. The molecule has 1 aromatic carbocycles. The van der Waals surface area contributed by atoms with E-state index in [0.717, 1.165) is 5.56 Å². The molecule has 0 aliphatic carbocycles. The van der Waals surface area contributed by atoms with Gasteiger partial charge in [0.05, 0.1) is 11.4 Å². The molecule has 0 heterocycles. The number of rotatable bonds is 2. The molecule has 0 saturated carbocycles. The molecule has 0 fully saturated rings. The minimum Gasteiger partial charge on any atom is -0.397 e. The van der Waals surface area contributed by atoms with Crippen LogP contribution in [0.2, 0.25) is 0 Å². The van der Waals surface area contributed by atoms with E-state index in [-0.39, 0.29) is 6.04 Å². The summed E-state index contributed by atoms with van der Waals surface area (Å²) < 4.78 is 0. The maximum absolute atomic E-state index is 5.79. The van der Waals surface area contributed by atoms with Crippen LogP contribution in [0.4, 0.5) is 11.4 Å². The predicted molar refractivity (Wildman–Crippen MR) is 52.7 cm³/mol. The second-order valence-electron chi connectivity index (χ2n) is 2.86. The summed E-state index contributed by atoms with van der Waals surface area (Å²) in [7, 11) is 1.90. The Bertz CT molecular complexity index is 270. The van der Waals surface area contributed by atoms with E-state index in [9.17, 15) is 0 Å². The van der Waals surface area contributed by atoms with Crippen LogP contribution in [0.15, 0.2) is 18.2 Å². The molecule has 0 bridgehead atoms.